The predicted octanol–water partition coefficient (Wildman–Crippen LogP) is 4.78. The number of para-hydroxylation sites is 1. The van der Waals surface area contributed by atoms with Gasteiger partial charge in [-0.15, -0.1) is 10.2 Å². The van der Waals surface area contributed by atoms with Gasteiger partial charge in [0.1, 0.15) is 5.75 Å². The Kier molecular flexibility index (Phi) is 8.73. The lowest BCUT2D eigenvalue weighted by atomic mass is 10.2. The zero-order valence-electron chi connectivity index (χ0n) is 16.7. The van der Waals surface area contributed by atoms with E-state index in [1.54, 1.807) is 18.0 Å². The number of hydrogen-bond acceptors (Lipinski definition) is 8. The highest BCUT2D eigenvalue weighted by Crippen LogP contribution is 2.30. The van der Waals surface area contributed by atoms with Crippen LogP contribution >= 0.6 is 34.9 Å². The first-order valence-electron chi connectivity index (χ1n) is 9.32. The Labute approximate surface area is 188 Å². The molecule has 0 spiro atoms. The summed E-state index contributed by atoms with van der Waals surface area (Å²) in [6, 6.07) is 16.0. The van der Waals surface area contributed by atoms with Crippen LogP contribution in [-0.4, -0.2) is 34.7 Å². The minimum absolute atomic E-state index is 0.200. The van der Waals surface area contributed by atoms with Gasteiger partial charge in [-0.25, -0.2) is 5.43 Å². The molecule has 0 saturated heterocycles. The summed E-state index contributed by atoms with van der Waals surface area (Å²) in [6.45, 7) is 4.57. The Morgan fingerprint density at radius 1 is 1.13 bits per heavy atom. The van der Waals surface area contributed by atoms with Crippen molar-refractivity contribution in [3.8, 4) is 5.75 Å². The van der Waals surface area contributed by atoms with Gasteiger partial charge < -0.3 is 4.74 Å². The maximum atomic E-state index is 12.0. The van der Waals surface area contributed by atoms with E-state index in [9.17, 15) is 4.79 Å². The van der Waals surface area contributed by atoms with Crippen LogP contribution in [0.25, 0.3) is 0 Å². The molecule has 30 heavy (non-hydrogen) atoms. The van der Waals surface area contributed by atoms with Crippen molar-refractivity contribution in [1.29, 1.82) is 0 Å². The number of rotatable bonds is 10. The van der Waals surface area contributed by atoms with E-state index in [1.807, 2.05) is 31.2 Å². The summed E-state index contributed by atoms with van der Waals surface area (Å²) >= 11 is 4.49. The average Bonchev–Trinajstić information content (AvgIpc) is 3.21. The van der Waals surface area contributed by atoms with Crippen molar-refractivity contribution in [2.45, 2.75) is 28.3 Å². The van der Waals surface area contributed by atoms with Gasteiger partial charge in [-0.05, 0) is 31.5 Å². The van der Waals surface area contributed by atoms with E-state index >= 15 is 0 Å². The standard InChI is InChI=1S/C21H22N4O2S3/c1-3-27-18-7-5-4-6-17(18)12-22-23-19(26)14-29-21-25-24-20(30-21)28-13-16-10-8-15(2)9-11-16/h4-12H,3,13-14H2,1-2H3,(H,23,26)/b22-12-. The average molecular weight is 459 g/mol. The minimum atomic E-state index is -0.200. The molecule has 0 aliphatic heterocycles. The Morgan fingerprint density at radius 2 is 1.87 bits per heavy atom. The van der Waals surface area contributed by atoms with Crippen LogP contribution in [0.15, 0.2) is 62.3 Å². The number of nitrogens with zero attached hydrogens (tertiary/aromatic N) is 3. The van der Waals surface area contributed by atoms with Gasteiger partial charge in [-0.3, -0.25) is 4.79 Å². The molecule has 2 aromatic carbocycles. The molecule has 1 aromatic heterocycles. The van der Waals surface area contributed by atoms with Crippen molar-refractivity contribution >= 4 is 47.0 Å². The zero-order valence-corrected chi connectivity index (χ0v) is 19.1. The van der Waals surface area contributed by atoms with Gasteiger partial charge >= 0.3 is 0 Å². The van der Waals surface area contributed by atoms with Crippen LogP contribution in [0.5, 0.6) is 5.75 Å². The first kappa shape index (κ1) is 22.3. The summed E-state index contributed by atoms with van der Waals surface area (Å²) in [5.41, 5.74) is 5.84. The van der Waals surface area contributed by atoms with Crippen molar-refractivity contribution in [2.24, 2.45) is 5.10 Å². The number of ether oxygens (including phenoxy) is 1. The molecular weight excluding hydrogens is 436 g/mol. The van der Waals surface area contributed by atoms with Crippen LogP contribution in [0.1, 0.15) is 23.6 Å². The van der Waals surface area contributed by atoms with Gasteiger partial charge in [0, 0.05) is 11.3 Å². The summed E-state index contributed by atoms with van der Waals surface area (Å²) in [5, 5.41) is 12.4. The van der Waals surface area contributed by atoms with Crippen LogP contribution in [0.3, 0.4) is 0 Å². The molecule has 3 aromatic rings. The summed E-state index contributed by atoms with van der Waals surface area (Å²) in [7, 11) is 0. The number of hydrogen-bond donors (Lipinski definition) is 1. The van der Waals surface area contributed by atoms with Gasteiger partial charge in [0.25, 0.3) is 5.91 Å². The summed E-state index contributed by atoms with van der Waals surface area (Å²) in [6.07, 6.45) is 1.58. The highest BCUT2D eigenvalue weighted by Gasteiger charge is 2.09. The van der Waals surface area contributed by atoms with E-state index in [0.29, 0.717) is 6.61 Å². The first-order valence-corrected chi connectivity index (χ1v) is 12.1. The fraction of sp³-hybridized carbons (Fsp3) is 0.238. The second-order valence-electron chi connectivity index (χ2n) is 6.16. The second kappa shape index (κ2) is 11.7. The van der Waals surface area contributed by atoms with Crippen LogP contribution < -0.4 is 10.2 Å². The fourth-order valence-corrected chi connectivity index (χ4v) is 5.12. The van der Waals surface area contributed by atoms with Crippen molar-refractivity contribution in [2.75, 3.05) is 12.4 Å². The SMILES string of the molecule is CCOc1ccccc1/C=N\NC(=O)CSc1nnc(SCc2ccc(C)cc2)s1. The first-order chi connectivity index (χ1) is 14.6. The largest absolute Gasteiger partial charge is 0.493 e. The smallest absolute Gasteiger partial charge is 0.250 e. The van der Waals surface area contributed by atoms with E-state index < -0.39 is 0 Å². The predicted molar refractivity (Wildman–Crippen MR) is 125 cm³/mol. The topological polar surface area (TPSA) is 76.5 Å². The Bertz CT molecular complexity index is 990. The number of hydrazone groups is 1. The number of amides is 1. The molecule has 3 rings (SSSR count). The third-order valence-electron chi connectivity index (χ3n) is 3.81. The maximum absolute atomic E-state index is 12.0. The van der Waals surface area contributed by atoms with Crippen LogP contribution in [0.4, 0.5) is 0 Å². The normalized spacial score (nSPS) is 11.0. The molecular formula is C21H22N4O2S3. The molecule has 9 heteroatoms. The quantitative estimate of drug-likeness (QED) is 0.268. The number of nitrogens with one attached hydrogen (secondary N) is 1. The molecule has 6 nitrogen and oxygen atoms in total. The number of carbonyl (C=O) groups is 1. The van der Waals surface area contributed by atoms with E-state index in [0.717, 1.165) is 25.7 Å². The van der Waals surface area contributed by atoms with E-state index in [-0.39, 0.29) is 11.7 Å². The molecule has 1 amide bonds. The summed E-state index contributed by atoms with van der Waals surface area (Å²) in [5.74, 6) is 1.60. The van der Waals surface area contributed by atoms with Crippen LogP contribution in [0, 0.1) is 6.92 Å². The molecule has 0 unspecified atom stereocenters. The van der Waals surface area contributed by atoms with Crippen molar-refractivity contribution < 1.29 is 9.53 Å². The minimum Gasteiger partial charge on any atom is -0.493 e. The van der Waals surface area contributed by atoms with Gasteiger partial charge in [0.2, 0.25) is 0 Å². The molecule has 0 atom stereocenters. The number of carbonyl (C=O) groups excluding carboxylic acids is 1. The monoisotopic (exact) mass is 458 g/mol. The molecule has 156 valence electrons. The van der Waals surface area contributed by atoms with E-state index in [2.05, 4.69) is 51.9 Å². The molecule has 0 aliphatic carbocycles. The van der Waals surface area contributed by atoms with Gasteiger partial charge in [-0.2, -0.15) is 5.10 Å². The zero-order chi connectivity index (χ0) is 21.2. The second-order valence-corrected chi connectivity index (χ2v) is 9.58. The van der Waals surface area contributed by atoms with Crippen molar-refractivity contribution in [3.63, 3.8) is 0 Å². The molecule has 1 N–H and O–H groups in total. The van der Waals surface area contributed by atoms with Crippen LogP contribution in [0.2, 0.25) is 0 Å². The van der Waals surface area contributed by atoms with Crippen molar-refractivity contribution in [1.82, 2.24) is 15.6 Å². The number of benzene rings is 2. The maximum Gasteiger partial charge on any atom is 0.250 e. The fourth-order valence-electron chi connectivity index (χ4n) is 2.35. The molecule has 0 fully saturated rings. The third kappa shape index (κ3) is 7.16. The van der Waals surface area contributed by atoms with Crippen LogP contribution in [-0.2, 0) is 10.5 Å². The molecule has 0 saturated carbocycles. The third-order valence-corrected chi connectivity index (χ3v) is 7.07. The number of aromatic nitrogens is 2. The molecule has 0 radical (unpaired) electrons. The lowest BCUT2D eigenvalue weighted by molar-refractivity contribution is -0.118. The van der Waals surface area contributed by atoms with E-state index in [4.69, 9.17) is 4.74 Å². The van der Waals surface area contributed by atoms with Gasteiger partial charge in [-0.1, -0.05) is 76.8 Å². The highest BCUT2D eigenvalue weighted by molar-refractivity contribution is 8.03. The highest BCUT2D eigenvalue weighted by atomic mass is 32.2. The summed E-state index contributed by atoms with van der Waals surface area (Å²) < 4.78 is 7.19. The molecule has 0 bridgehead atoms. The summed E-state index contributed by atoms with van der Waals surface area (Å²) in [4.78, 5) is 12.0. The number of aryl methyl sites for hydroxylation is 1. The lowest BCUT2D eigenvalue weighted by Gasteiger charge is -2.05. The Hall–Kier alpha value is -2.36. The number of thioether (sulfide) groups is 2. The Morgan fingerprint density at radius 3 is 2.63 bits per heavy atom. The van der Waals surface area contributed by atoms with Crippen molar-refractivity contribution in [3.05, 3.63) is 65.2 Å². The molecule has 0 aliphatic rings. The Balaban J connectivity index is 1.42. The lowest BCUT2D eigenvalue weighted by Crippen LogP contribution is -2.19. The van der Waals surface area contributed by atoms with Gasteiger partial charge in [0.05, 0.1) is 18.6 Å². The van der Waals surface area contributed by atoms with E-state index in [1.165, 1.54) is 34.2 Å². The van der Waals surface area contributed by atoms with Gasteiger partial charge in [0.15, 0.2) is 8.68 Å². The molecule has 1 heterocycles.